The molecule has 1 fully saturated rings. The zero-order chi connectivity index (χ0) is 17.4. The highest BCUT2D eigenvalue weighted by Crippen LogP contribution is 2.15. The molecule has 0 aliphatic carbocycles. The largest absolute Gasteiger partial charge is 0.450 e. The molecule has 0 spiro atoms. The van der Waals surface area contributed by atoms with E-state index in [1.54, 1.807) is 11.1 Å². The number of nitrogens with zero attached hydrogens (tertiary/aromatic N) is 5. The Morgan fingerprint density at radius 1 is 1.33 bits per heavy atom. The van der Waals surface area contributed by atoms with E-state index in [1.165, 1.54) is 0 Å². The van der Waals surface area contributed by atoms with Crippen LogP contribution in [0.15, 0.2) is 12.3 Å². The van der Waals surface area contributed by atoms with Crippen molar-refractivity contribution in [1.29, 1.82) is 0 Å². The van der Waals surface area contributed by atoms with E-state index in [9.17, 15) is 4.79 Å². The molecule has 1 N–H and O–H groups in total. The Bertz CT molecular complexity index is 517. The van der Waals surface area contributed by atoms with Gasteiger partial charge in [0.05, 0.1) is 6.61 Å². The second kappa shape index (κ2) is 9.27. The van der Waals surface area contributed by atoms with Crippen LogP contribution < -0.4 is 10.2 Å². The molecule has 0 bridgehead atoms. The number of piperazine rings is 1. The Labute approximate surface area is 143 Å². The number of amides is 1. The molecule has 8 heteroatoms. The van der Waals surface area contributed by atoms with Gasteiger partial charge in [0, 0.05) is 38.9 Å². The first-order valence-electron chi connectivity index (χ1n) is 8.48. The standard InChI is InChI=1S/C16H28N6O2/c1-4-24-16(23)22-12-10-21(11-13-22)14-6-8-18-15(19-14)17-7-5-9-20(2)3/h6,8H,4-5,7,9-13H2,1-3H3,(H,17,18,19). The Morgan fingerprint density at radius 2 is 2.08 bits per heavy atom. The zero-order valence-corrected chi connectivity index (χ0v) is 14.9. The van der Waals surface area contributed by atoms with Gasteiger partial charge in [0.2, 0.25) is 5.95 Å². The van der Waals surface area contributed by atoms with E-state index in [-0.39, 0.29) is 6.09 Å². The maximum Gasteiger partial charge on any atom is 0.409 e. The number of hydrogen-bond acceptors (Lipinski definition) is 7. The van der Waals surface area contributed by atoms with Crippen molar-refractivity contribution < 1.29 is 9.53 Å². The fourth-order valence-corrected chi connectivity index (χ4v) is 2.54. The summed E-state index contributed by atoms with van der Waals surface area (Å²) in [6, 6.07) is 1.91. The average molecular weight is 336 g/mol. The van der Waals surface area contributed by atoms with Crippen LogP contribution in [-0.2, 0) is 4.74 Å². The lowest BCUT2D eigenvalue weighted by Gasteiger charge is -2.34. The third-order valence-electron chi connectivity index (χ3n) is 3.84. The summed E-state index contributed by atoms with van der Waals surface area (Å²) in [6.07, 6.45) is 2.58. The quantitative estimate of drug-likeness (QED) is 0.748. The van der Waals surface area contributed by atoms with Gasteiger partial charge in [-0.15, -0.1) is 0 Å². The molecule has 1 aromatic rings. The van der Waals surface area contributed by atoms with Gasteiger partial charge in [-0.25, -0.2) is 9.78 Å². The summed E-state index contributed by atoms with van der Waals surface area (Å²) in [4.78, 5) is 26.6. The molecule has 1 saturated heterocycles. The van der Waals surface area contributed by atoms with Crippen LogP contribution >= 0.6 is 0 Å². The van der Waals surface area contributed by atoms with E-state index in [4.69, 9.17) is 4.74 Å². The summed E-state index contributed by atoms with van der Waals surface area (Å²) in [7, 11) is 4.13. The van der Waals surface area contributed by atoms with Gasteiger partial charge in [-0.05, 0) is 40.1 Å². The Morgan fingerprint density at radius 3 is 2.75 bits per heavy atom. The molecule has 0 unspecified atom stereocenters. The average Bonchev–Trinajstić information content (AvgIpc) is 2.59. The summed E-state index contributed by atoms with van der Waals surface area (Å²) in [5, 5.41) is 3.26. The van der Waals surface area contributed by atoms with Crippen molar-refractivity contribution in [3.8, 4) is 0 Å². The fraction of sp³-hybridized carbons (Fsp3) is 0.688. The van der Waals surface area contributed by atoms with Crippen LogP contribution in [0.4, 0.5) is 16.6 Å². The monoisotopic (exact) mass is 336 g/mol. The van der Waals surface area contributed by atoms with Crippen LogP contribution in [0.1, 0.15) is 13.3 Å². The van der Waals surface area contributed by atoms with Gasteiger partial charge in [-0.1, -0.05) is 0 Å². The molecule has 134 valence electrons. The topological polar surface area (TPSA) is 73.8 Å². The predicted octanol–water partition coefficient (Wildman–Crippen LogP) is 1.12. The molecular weight excluding hydrogens is 308 g/mol. The smallest absolute Gasteiger partial charge is 0.409 e. The number of hydrogen-bond donors (Lipinski definition) is 1. The maximum absolute atomic E-state index is 11.7. The van der Waals surface area contributed by atoms with E-state index < -0.39 is 0 Å². The first kappa shape index (κ1) is 18.3. The van der Waals surface area contributed by atoms with Crippen LogP contribution in [-0.4, -0.2) is 85.8 Å². The fourth-order valence-electron chi connectivity index (χ4n) is 2.54. The first-order valence-corrected chi connectivity index (χ1v) is 8.48. The molecule has 1 aliphatic heterocycles. The summed E-state index contributed by atoms with van der Waals surface area (Å²) in [5.74, 6) is 1.54. The second-order valence-corrected chi connectivity index (χ2v) is 6.00. The molecule has 2 rings (SSSR count). The minimum atomic E-state index is -0.233. The van der Waals surface area contributed by atoms with E-state index in [0.29, 0.717) is 25.6 Å². The molecule has 1 aromatic heterocycles. The number of carbonyl (C=O) groups is 1. The molecule has 2 heterocycles. The van der Waals surface area contributed by atoms with Gasteiger partial charge in [-0.3, -0.25) is 0 Å². The molecule has 1 amide bonds. The van der Waals surface area contributed by atoms with Crippen molar-refractivity contribution in [1.82, 2.24) is 19.8 Å². The van der Waals surface area contributed by atoms with Gasteiger partial charge < -0.3 is 24.8 Å². The van der Waals surface area contributed by atoms with Crippen molar-refractivity contribution in [3.63, 3.8) is 0 Å². The molecule has 0 aromatic carbocycles. The van der Waals surface area contributed by atoms with Crippen molar-refractivity contribution in [3.05, 3.63) is 12.3 Å². The van der Waals surface area contributed by atoms with Crippen LogP contribution in [0.2, 0.25) is 0 Å². The number of rotatable bonds is 7. The molecule has 8 nitrogen and oxygen atoms in total. The predicted molar refractivity (Wildman–Crippen MR) is 94.5 cm³/mol. The van der Waals surface area contributed by atoms with E-state index in [2.05, 4.69) is 39.2 Å². The van der Waals surface area contributed by atoms with Gasteiger partial charge in [-0.2, -0.15) is 4.98 Å². The number of aromatic nitrogens is 2. The van der Waals surface area contributed by atoms with E-state index >= 15 is 0 Å². The molecule has 1 aliphatic rings. The Kier molecular flexibility index (Phi) is 7.05. The minimum Gasteiger partial charge on any atom is -0.450 e. The van der Waals surface area contributed by atoms with Gasteiger partial charge in [0.1, 0.15) is 5.82 Å². The van der Waals surface area contributed by atoms with Crippen molar-refractivity contribution in [2.75, 3.05) is 70.2 Å². The Balaban J connectivity index is 1.82. The third kappa shape index (κ3) is 5.52. The number of anilines is 2. The minimum absolute atomic E-state index is 0.233. The molecule has 0 saturated carbocycles. The highest BCUT2D eigenvalue weighted by atomic mass is 16.6. The number of carbonyl (C=O) groups excluding carboxylic acids is 1. The summed E-state index contributed by atoms with van der Waals surface area (Å²) in [5.41, 5.74) is 0. The van der Waals surface area contributed by atoms with Crippen LogP contribution in [0.5, 0.6) is 0 Å². The van der Waals surface area contributed by atoms with Gasteiger partial charge >= 0.3 is 6.09 Å². The van der Waals surface area contributed by atoms with Gasteiger partial charge in [0.25, 0.3) is 0 Å². The number of nitrogens with one attached hydrogen (secondary N) is 1. The highest BCUT2D eigenvalue weighted by molar-refractivity contribution is 5.68. The van der Waals surface area contributed by atoms with Crippen molar-refractivity contribution in [2.24, 2.45) is 0 Å². The zero-order valence-electron chi connectivity index (χ0n) is 14.9. The van der Waals surface area contributed by atoms with E-state index in [1.807, 2.05) is 13.0 Å². The highest BCUT2D eigenvalue weighted by Gasteiger charge is 2.22. The lowest BCUT2D eigenvalue weighted by atomic mass is 10.3. The molecular formula is C16H28N6O2. The summed E-state index contributed by atoms with van der Waals surface area (Å²) in [6.45, 7) is 6.89. The van der Waals surface area contributed by atoms with Gasteiger partial charge in [0.15, 0.2) is 0 Å². The lowest BCUT2D eigenvalue weighted by Crippen LogP contribution is -2.49. The maximum atomic E-state index is 11.7. The summed E-state index contributed by atoms with van der Waals surface area (Å²) >= 11 is 0. The van der Waals surface area contributed by atoms with Crippen molar-refractivity contribution in [2.45, 2.75) is 13.3 Å². The second-order valence-electron chi connectivity index (χ2n) is 6.00. The summed E-state index contributed by atoms with van der Waals surface area (Å²) < 4.78 is 5.04. The lowest BCUT2D eigenvalue weighted by molar-refractivity contribution is 0.105. The SMILES string of the molecule is CCOC(=O)N1CCN(c2ccnc(NCCCN(C)C)n2)CC1. The van der Waals surface area contributed by atoms with Crippen LogP contribution in [0.3, 0.4) is 0 Å². The number of ether oxygens (including phenoxy) is 1. The third-order valence-corrected chi connectivity index (χ3v) is 3.84. The molecule has 0 radical (unpaired) electrons. The first-order chi connectivity index (χ1) is 11.6. The normalized spacial score (nSPS) is 14.8. The van der Waals surface area contributed by atoms with E-state index in [0.717, 1.165) is 38.4 Å². The van der Waals surface area contributed by atoms with Crippen LogP contribution in [0.25, 0.3) is 0 Å². The molecule has 0 atom stereocenters. The Hall–Kier alpha value is -2.09. The molecule has 24 heavy (non-hydrogen) atoms. The van der Waals surface area contributed by atoms with Crippen molar-refractivity contribution >= 4 is 17.9 Å². The van der Waals surface area contributed by atoms with Crippen LogP contribution in [0, 0.1) is 0 Å².